The summed E-state index contributed by atoms with van der Waals surface area (Å²) in [6.07, 6.45) is 0. The number of benzene rings is 1. The summed E-state index contributed by atoms with van der Waals surface area (Å²) < 4.78 is 18.2. The molecule has 0 aliphatic carbocycles. The summed E-state index contributed by atoms with van der Waals surface area (Å²) in [5.74, 6) is -1.79. The van der Waals surface area contributed by atoms with Gasteiger partial charge in [-0.1, -0.05) is 0 Å². The zero-order valence-corrected chi connectivity index (χ0v) is 11.7. The molecule has 2 rings (SSSR count). The van der Waals surface area contributed by atoms with E-state index in [4.69, 9.17) is 4.74 Å². The second kappa shape index (κ2) is 5.89. The molecule has 1 aliphatic heterocycles. The number of hydrogen-bond acceptors (Lipinski definition) is 5. The van der Waals surface area contributed by atoms with Gasteiger partial charge in [0.1, 0.15) is 17.5 Å². The number of rotatable bonds is 3. The molecular weight excluding hydrogens is 277 g/mol. The van der Waals surface area contributed by atoms with E-state index in [1.807, 2.05) is 0 Å². The number of halogens is 1. The molecular formula is C15H14FNO4. The minimum absolute atomic E-state index is 0.0638. The fourth-order valence-electron chi connectivity index (χ4n) is 2.41. The number of fused-ring (bicyclic) bond motifs is 1. The predicted octanol–water partition coefficient (Wildman–Crippen LogP) is 1.74. The number of hydrogen-bond donors (Lipinski definition) is 0. The van der Waals surface area contributed by atoms with Crippen molar-refractivity contribution < 1.29 is 23.5 Å². The second-order valence-corrected chi connectivity index (χ2v) is 4.44. The number of esters is 1. The topological polar surface area (TPSA) is 63.7 Å². The van der Waals surface area contributed by atoms with Crippen molar-refractivity contribution in [2.45, 2.75) is 13.8 Å². The van der Waals surface area contributed by atoms with Crippen LogP contribution < -0.4 is 4.90 Å². The van der Waals surface area contributed by atoms with Gasteiger partial charge in [0.05, 0.1) is 12.3 Å². The standard InChI is InChI=1S/C15H14FNO4/c1-3-17-11-6-5-9(16)7-10(11)14(19)13(12(17)8-18)15(20)21-4-2/h5-7,13H,3-4H2,1-2H3. The molecule has 0 fully saturated rings. The zero-order valence-electron chi connectivity index (χ0n) is 11.7. The molecule has 5 nitrogen and oxygen atoms in total. The largest absolute Gasteiger partial charge is 0.465 e. The smallest absolute Gasteiger partial charge is 0.323 e. The average Bonchev–Trinajstić information content (AvgIpc) is 2.47. The Hall–Kier alpha value is -2.46. The first-order valence-electron chi connectivity index (χ1n) is 6.58. The van der Waals surface area contributed by atoms with Crippen molar-refractivity contribution >= 4 is 23.4 Å². The summed E-state index contributed by atoms with van der Waals surface area (Å²) in [6, 6.07) is 3.67. The molecule has 0 radical (unpaired) electrons. The van der Waals surface area contributed by atoms with Gasteiger partial charge in [0.15, 0.2) is 11.7 Å². The van der Waals surface area contributed by atoms with Gasteiger partial charge >= 0.3 is 5.97 Å². The lowest BCUT2D eigenvalue weighted by molar-refractivity contribution is -0.145. The molecule has 110 valence electrons. The van der Waals surface area contributed by atoms with Crippen LogP contribution in [0.5, 0.6) is 0 Å². The van der Waals surface area contributed by atoms with Crippen molar-refractivity contribution in [3.05, 3.63) is 35.3 Å². The molecule has 1 aliphatic rings. The number of ether oxygens (including phenoxy) is 1. The lowest BCUT2D eigenvalue weighted by Gasteiger charge is -2.33. The zero-order chi connectivity index (χ0) is 15.6. The van der Waals surface area contributed by atoms with Crippen molar-refractivity contribution in [2.75, 3.05) is 18.1 Å². The van der Waals surface area contributed by atoms with Crippen molar-refractivity contribution in [1.82, 2.24) is 0 Å². The highest BCUT2D eigenvalue weighted by atomic mass is 19.1. The molecule has 0 saturated heterocycles. The van der Waals surface area contributed by atoms with Crippen LogP contribution in [0.1, 0.15) is 24.2 Å². The molecule has 0 spiro atoms. The van der Waals surface area contributed by atoms with Gasteiger partial charge in [-0.2, -0.15) is 0 Å². The van der Waals surface area contributed by atoms with Gasteiger partial charge in [0.25, 0.3) is 0 Å². The molecule has 1 aromatic rings. The molecule has 0 amide bonds. The van der Waals surface area contributed by atoms with Crippen LogP contribution in [0.4, 0.5) is 10.1 Å². The third-order valence-electron chi connectivity index (χ3n) is 3.28. The van der Waals surface area contributed by atoms with E-state index in [1.54, 1.807) is 19.8 Å². The first kappa shape index (κ1) is 14.9. The highest BCUT2D eigenvalue weighted by Gasteiger charge is 2.42. The molecule has 1 unspecified atom stereocenters. The van der Waals surface area contributed by atoms with E-state index in [1.165, 1.54) is 17.0 Å². The summed E-state index contributed by atoms with van der Waals surface area (Å²) in [4.78, 5) is 37.1. The van der Waals surface area contributed by atoms with Crippen LogP contribution in [0.2, 0.25) is 0 Å². The Balaban J connectivity index is 2.62. The highest BCUT2D eigenvalue weighted by Crippen LogP contribution is 2.36. The van der Waals surface area contributed by atoms with E-state index in [0.717, 1.165) is 6.07 Å². The maximum Gasteiger partial charge on any atom is 0.323 e. The number of nitrogens with zero attached hydrogens (tertiary/aromatic N) is 1. The minimum Gasteiger partial charge on any atom is -0.465 e. The molecule has 1 aromatic carbocycles. The van der Waals surface area contributed by atoms with Crippen LogP contribution in [-0.4, -0.2) is 30.8 Å². The molecule has 0 N–H and O–H groups in total. The Morgan fingerprint density at radius 1 is 1.43 bits per heavy atom. The van der Waals surface area contributed by atoms with Gasteiger partial charge in [0.2, 0.25) is 0 Å². The predicted molar refractivity (Wildman–Crippen MR) is 73.1 cm³/mol. The number of ketones is 1. The summed E-state index contributed by atoms with van der Waals surface area (Å²) in [7, 11) is 0. The van der Waals surface area contributed by atoms with Crippen LogP contribution in [0, 0.1) is 11.7 Å². The SMILES string of the molecule is CCOC(=O)C1C(=O)c2cc(F)ccc2N(CC)C1=C=O. The van der Waals surface area contributed by atoms with Crippen molar-refractivity contribution in [3.8, 4) is 0 Å². The Labute approximate surface area is 121 Å². The van der Waals surface area contributed by atoms with Crippen molar-refractivity contribution in [2.24, 2.45) is 5.92 Å². The first-order chi connectivity index (χ1) is 10.0. The Kier molecular flexibility index (Phi) is 4.19. The third-order valence-corrected chi connectivity index (χ3v) is 3.28. The Bertz CT molecular complexity index is 649. The number of carbonyl (C=O) groups excluding carboxylic acids is 3. The fourth-order valence-corrected chi connectivity index (χ4v) is 2.41. The fraction of sp³-hybridized carbons (Fsp3) is 0.333. The van der Waals surface area contributed by atoms with Gasteiger partial charge in [0, 0.05) is 12.1 Å². The lowest BCUT2D eigenvalue weighted by Crippen LogP contribution is -2.42. The lowest BCUT2D eigenvalue weighted by atomic mass is 9.88. The molecule has 1 heterocycles. The first-order valence-corrected chi connectivity index (χ1v) is 6.58. The maximum atomic E-state index is 13.4. The van der Waals surface area contributed by atoms with E-state index >= 15 is 0 Å². The summed E-state index contributed by atoms with van der Waals surface area (Å²) in [5, 5.41) is 0. The van der Waals surface area contributed by atoms with Crippen LogP contribution in [-0.2, 0) is 14.3 Å². The molecule has 21 heavy (non-hydrogen) atoms. The molecule has 0 bridgehead atoms. The van der Waals surface area contributed by atoms with Crippen LogP contribution in [0.15, 0.2) is 23.9 Å². The summed E-state index contributed by atoms with van der Waals surface area (Å²) >= 11 is 0. The van der Waals surface area contributed by atoms with Crippen LogP contribution in [0.3, 0.4) is 0 Å². The van der Waals surface area contributed by atoms with E-state index in [2.05, 4.69) is 0 Å². The van der Waals surface area contributed by atoms with Crippen LogP contribution >= 0.6 is 0 Å². The minimum atomic E-state index is -1.39. The van der Waals surface area contributed by atoms with Gasteiger partial charge in [-0.25, -0.2) is 9.18 Å². The monoisotopic (exact) mass is 291 g/mol. The van der Waals surface area contributed by atoms with Crippen LogP contribution in [0.25, 0.3) is 0 Å². The van der Waals surface area contributed by atoms with Gasteiger partial charge in [-0.05, 0) is 32.0 Å². The molecule has 6 heteroatoms. The van der Waals surface area contributed by atoms with E-state index < -0.39 is 23.5 Å². The average molecular weight is 291 g/mol. The normalized spacial score (nSPS) is 17.3. The quantitative estimate of drug-likeness (QED) is 0.482. The molecule has 1 atom stereocenters. The van der Waals surface area contributed by atoms with Crippen molar-refractivity contribution in [1.29, 1.82) is 0 Å². The summed E-state index contributed by atoms with van der Waals surface area (Å²) in [5.41, 5.74) is 0.358. The van der Waals surface area contributed by atoms with Gasteiger partial charge in [-0.15, -0.1) is 0 Å². The highest BCUT2D eigenvalue weighted by molar-refractivity contribution is 6.17. The van der Waals surface area contributed by atoms with Gasteiger partial charge in [-0.3, -0.25) is 9.59 Å². The number of Topliss-reactive ketones (excluding diaryl/α,β-unsaturated/α-hetero) is 1. The second-order valence-electron chi connectivity index (χ2n) is 4.44. The van der Waals surface area contributed by atoms with E-state index in [0.29, 0.717) is 12.2 Å². The van der Waals surface area contributed by atoms with E-state index in [9.17, 15) is 18.8 Å². The number of carbonyl (C=O) groups is 2. The van der Waals surface area contributed by atoms with E-state index in [-0.39, 0.29) is 17.9 Å². The number of anilines is 1. The molecule has 0 aromatic heterocycles. The van der Waals surface area contributed by atoms with Crippen molar-refractivity contribution in [3.63, 3.8) is 0 Å². The van der Waals surface area contributed by atoms with Gasteiger partial charge < -0.3 is 9.64 Å². The summed E-state index contributed by atoms with van der Waals surface area (Å²) in [6.45, 7) is 3.77. The Morgan fingerprint density at radius 2 is 2.14 bits per heavy atom. The third kappa shape index (κ3) is 2.45. The maximum absolute atomic E-state index is 13.4. The molecule has 0 saturated carbocycles. The Morgan fingerprint density at radius 3 is 2.71 bits per heavy atom.